The number of rotatable bonds is 8. The van der Waals surface area contributed by atoms with Gasteiger partial charge in [-0.1, -0.05) is 29.8 Å². The largest absolute Gasteiger partial charge is 0.489 e. The second-order valence-electron chi connectivity index (χ2n) is 7.19. The van der Waals surface area contributed by atoms with Crippen LogP contribution < -0.4 is 10.1 Å². The molecule has 0 unspecified atom stereocenters. The van der Waals surface area contributed by atoms with E-state index in [-0.39, 0.29) is 5.91 Å². The van der Waals surface area contributed by atoms with Crippen LogP contribution in [0.3, 0.4) is 0 Å². The Balaban J connectivity index is 1.28. The van der Waals surface area contributed by atoms with Crippen LogP contribution in [-0.4, -0.2) is 22.4 Å². The van der Waals surface area contributed by atoms with E-state index in [0.717, 1.165) is 16.8 Å². The molecule has 0 atom stereocenters. The number of carbonyl (C=O) groups excluding carboxylic acids is 1. The zero-order valence-electron chi connectivity index (χ0n) is 17.2. The van der Waals surface area contributed by atoms with Crippen molar-refractivity contribution in [2.45, 2.75) is 20.0 Å². The average Bonchev–Trinajstić information content (AvgIpc) is 3.28. The summed E-state index contributed by atoms with van der Waals surface area (Å²) in [5.74, 6) is 1.06. The molecular weight excluding hydrogens is 390 g/mol. The highest BCUT2D eigenvalue weighted by Crippen LogP contribution is 2.19. The first-order valence-corrected chi connectivity index (χ1v) is 10.1. The van der Waals surface area contributed by atoms with Crippen LogP contribution in [0.1, 0.15) is 27.2 Å². The highest BCUT2D eigenvalue weighted by Gasteiger charge is 2.09. The molecule has 0 saturated heterocycles. The van der Waals surface area contributed by atoms with Gasteiger partial charge in [0.05, 0.1) is 5.69 Å². The van der Waals surface area contributed by atoms with Crippen LogP contribution in [-0.2, 0) is 13.0 Å². The number of aromatic nitrogens is 2. The quantitative estimate of drug-likeness (QED) is 0.457. The van der Waals surface area contributed by atoms with Crippen LogP contribution in [0.4, 0.5) is 0 Å². The van der Waals surface area contributed by atoms with E-state index in [0.29, 0.717) is 36.8 Å². The van der Waals surface area contributed by atoms with Gasteiger partial charge in [0.25, 0.3) is 5.91 Å². The van der Waals surface area contributed by atoms with Crippen molar-refractivity contribution in [2.24, 2.45) is 0 Å². The molecule has 4 rings (SSSR count). The molecule has 31 heavy (non-hydrogen) atoms. The molecule has 0 saturated carbocycles. The Bertz CT molecular complexity index is 1140. The maximum Gasteiger partial charge on any atom is 0.251 e. The highest BCUT2D eigenvalue weighted by atomic mass is 16.5. The zero-order chi connectivity index (χ0) is 21.5. The number of amides is 1. The molecule has 1 amide bonds. The first-order chi connectivity index (χ1) is 15.2. The lowest BCUT2D eigenvalue weighted by Crippen LogP contribution is -2.25. The van der Waals surface area contributed by atoms with E-state index in [2.05, 4.69) is 15.3 Å². The summed E-state index contributed by atoms with van der Waals surface area (Å²) in [6, 6.07) is 18.9. The molecule has 1 N–H and O–H groups in total. The van der Waals surface area contributed by atoms with Crippen molar-refractivity contribution < 1.29 is 13.9 Å². The van der Waals surface area contributed by atoms with Crippen molar-refractivity contribution in [3.8, 4) is 17.2 Å². The summed E-state index contributed by atoms with van der Waals surface area (Å²) in [6.07, 6.45) is 5.69. The predicted molar refractivity (Wildman–Crippen MR) is 118 cm³/mol. The second-order valence-corrected chi connectivity index (χ2v) is 7.19. The second kappa shape index (κ2) is 9.71. The summed E-state index contributed by atoms with van der Waals surface area (Å²) < 4.78 is 11.3. The van der Waals surface area contributed by atoms with E-state index in [4.69, 9.17) is 9.15 Å². The third-order valence-corrected chi connectivity index (χ3v) is 4.74. The standard InChI is InChI=1S/C25H23N3O3/c1-18-7-9-20(10-8-18)25-28-22(17-31-25)11-13-27-24(29)21-5-2-6-23(14-21)30-16-19-4-3-12-26-15-19/h2-10,12,14-15,17H,11,13,16H2,1H3,(H,27,29). The van der Waals surface area contributed by atoms with Crippen LogP contribution in [0.5, 0.6) is 5.75 Å². The molecule has 156 valence electrons. The third kappa shape index (κ3) is 5.57. The van der Waals surface area contributed by atoms with Crippen molar-refractivity contribution >= 4 is 5.91 Å². The molecule has 2 aromatic heterocycles. The smallest absolute Gasteiger partial charge is 0.251 e. The van der Waals surface area contributed by atoms with Gasteiger partial charge in [-0.25, -0.2) is 4.98 Å². The van der Waals surface area contributed by atoms with E-state index >= 15 is 0 Å². The Morgan fingerprint density at radius 1 is 1.10 bits per heavy atom. The summed E-state index contributed by atoms with van der Waals surface area (Å²) in [4.78, 5) is 21.1. The number of aryl methyl sites for hydroxylation is 1. The maximum atomic E-state index is 12.5. The molecule has 0 bridgehead atoms. The molecule has 0 radical (unpaired) electrons. The molecule has 0 fully saturated rings. The number of hydrogen-bond acceptors (Lipinski definition) is 5. The van der Waals surface area contributed by atoms with E-state index in [1.807, 2.05) is 49.4 Å². The van der Waals surface area contributed by atoms with Crippen LogP contribution >= 0.6 is 0 Å². The summed E-state index contributed by atoms with van der Waals surface area (Å²) in [6.45, 7) is 2.89. The van der Waals surface area contributed by atoms with Crippen LogP contribution in [0.2, 0.25) is 0 Å². The lowest BCUT2D eigenvalue weighted by molar-refractivity contribution is 0.0953. The van der Waals surface area contributed by atoms with Gasteiger partial charge in [0.1, 0.15) is 18.6 Å². The molecule has 2 heterocycles. The lowest BCUT2D eigenvalue weighted by atomic mass is 10.1. The Hall–Kier alpha value is -3.93. The first-order valence-electron chi connectivity index (χ1n) is 10.1. The van der Waals surface area contributed by atoms with E-state index < -0.39 is 0 Å². The van der Waals surface area contributed by atoms with Gasteiger partial charge in [-0.05, 0) is 43.3 Å². The molecule has 0 aliphatic rings. The van der Waals surface area contributed by atoms with Crippen LogP contribution in [0.25, 0.3) is 11.5 Å². The highest BCUT2D eigenvalue weighted by molar-refractivity contribution is 5.94. The zero-order valence-corrected chi connectivity index (χ0v) is 17.2. The van der Waals surface area contributed by atoms with Crippen molar-refractivity contribution in [2.75, 3.05) is 6.54 Å². The molecular formula is C25H23N3O3. The van der Waals surface area contributed by atoms with Gasteiger partial charge in [-0.3, -0.25) is 9.78 Å². The number of carbonyl (C=O) groups is 1. The topological polar surface area (TPSA) is 77.2 Å². The van der Waals surface area contributed by atoms with Crippen LogP contribution in [0, 0.1) is 6.92 Å². The fraction of sp³-hybridized carbons (Fsp3) is 0.160. The van der Waals surface area contributed by atoms with Crippen molar-refractivity contribution in [3.05, 3.63) is 102 Å². The van der Waals surface area contributed by atoms with E-state index in [1.54, 1.807) is 36.9 Å². The maximum absolute atomic E-state index is 12.5. The summed E-state index contributed by atoms with van der Waals surface area (Å²) >= 11 is 0. The minimum Gasteiger partial charge on any atom is -0.489 e. The van der Waals surface area contributed by atoms with E-state index in [9.17, 15) is 4.79 Å². The summed E-state index contributed by atoms with van der Waals surface area (Å²) in [7, 11) is 0. The fourth-order valence-electron chi connectivity index (χ4n) is 3.03. The minimum atomic E-state index is -0.158. The number of oxazole rings is 1. The number of hydrogen-bond donors (Lipinski definition) is 1. The molecule has 0 aliphatic heterocycles. The van der Waals surface area contributed by atoms with Gasteiger partial charge >= 0.3 is 0 Å². The molecule has 2 aromatic carbocycles. The van der Waals surface area contributed by atoms with Crippen LogP contribution in [0.15, 0.2) is 83.7 Å². The first kappa shape index (κ1) is 20.3. The van der Waals surface area contributed by atoms with Gasteiger partial charge in [0.2, 0.25) is 5.89 Å². The fourth-order valence-corrected chi connectivity index (χ4v) is 3.03. The van der Waals surface area contributed by atoms with Gasteiger partial charge < -0.3 is 14.5 Å². The Labute approximate surface area is 180 Å². The molecule has 6 nitrogen and oxygen atoms in total. The molecule has 6 heteroatoms. The average molecular weight is 413 g/mol. The number of nitrogens with one attached hydrogen (secondary N) is 1. The molecule has 4 aromatic rings. The van der Waals surface area contributed by atoms with Gasteiger partial charge in [-0.2, -0.15) is 0 Å². The molecule has 0 aliphatic carbocycles. The minimum absolute atomic E-state index is 0.158. The SMILES string of the molecule is Cc1ccc(-c2nc(CCNC(=O)c3cccc(OCc4cccnc4)c3)co2)cc1. The predicted octanol–water partition coefficient (Wildman–Crippen LogP) is 4.60. The monoisotopic (exact) mass is 413 g/mol. The lowest BCUT2D eigenvalue weighted by Gasteiger charge is -2.08. The van der Waals surface area contributed by atoms with E-state index in [1.165, 1.54) is 5.56 Å². The number of pyridine rings is 1. The number of ether oxygens (including phenoxy) is 1. The Kier molecular flexibility index (Phi) is 6.38. The third-order valence-electron chi connectivity index (χ3n) is 4.74. The number of benzene rings is 2. The summed E-state index contributed by atoms with van der Waals surface area (Å²) in [5.41, 5.74) is 4.43. The van der Waals surface area contributed by atoms with Crippen molar-refractivity contribution in [1.82, 2.24) is 15.3 Å². The Morgan fingerprint density at radius 2 is 1.97 bits per heavy atom. The number of nitrogens with zero attached hydrogens (tertiary/aromatic N) is 2. The summed E-state index contributed by atoms with van der Waals surface area (Å²) in [5, 5.41) is 2.92. The van der Waals surface area contributed by atoms with Gasteiger partial charge in [0, 0.05) is 42.0 Å². The van der Waals surface area contributed by atoms with Gasteiger partial charge in [0.15, 0.2) is 0 Å². The normalized spacial score (nSPS) is 10.6. The van der Waals surface area contributed by atoms with Gasteiger partial charge in [-0.15, -0.1) is 0 Å². The van der Waals surface area contributed by atoms with Crippen molar-refractivity contribution in [3.63, 3.8) is 0 Å². The van der Waals surface area contributed by atoms with Crippen molar-refractivity contribution in [1.29, 1.82) is 0 Å². The Morgan fingerprint density at radius 3 is 2.77 bits per heavy atom. The molecule has 0 spiro atoms.